The van der Waals surface area contributed by atoms with Crippen LogP contribution in [0.4, 0.5) is 0 Å². The molecule has 0 aromatic heterocycles. The van der Waals surface area contributed by atoms with Crippen molar-refractivity contribution in [2.75, 3.05) is 27.4 Å². The third kappa shape index (κ3) is 4.32. The number of carbonyl (C=O) groups excluding carboxylic acids is 2. The summed E-state index contributed by atoms with van der Waals surface area (Å²) in [4.78, 5) is 27.2. The highest BCUT2D eigenvalue weighted by molar-refractivity contribution is 6.16. The molecule has 0 saturated carbocycles. The number of benzene rings is 1. The molecule has 1 heterocycles. The molecule has 0 N–H and O–H groups in total. The standard InChI is InChI=1S/C21H27NO5/c1-7-27-21(24)19-14(4)22(12-13(2)3)20(23)16(19)10-15-8-9-17(25-5)18(11-15)26-6/h8-11,13H,7,12H2,1-6H3. The van der Waals surface area contributed by atoms with Crippen LogP contribution in [0.25, 0.3) is 6.08 Å². The minimum atomic E-state index is -0.485. The van der Waals surface area contributed by atoms with Crippen molar-refractivity contribution in [2.24, 2.45) is 5.92 Å². The van der Waals surface area contributed by atoms with Crippen LogP contribution in [-0.2, 0) is 14.3 Å². The van der Waals surface area contributed by atoms with Crippen molar-refractivity contribution < 1.29 is 23.8 Å². The van der Waals surface area contributed by atoms with Crippen LogP contribution in [0.1, 0.15) is 33.3 Å². The first kappa shape index (κ1) is 20.6. The lowest BCUT2D eigenvalue weighted by Crippen LogP contribution is -2.28. The molecular formula is C21H27NO5. The van der Waals surface area contributed by atoms with E-state index in [9.17, 15) is 9.59 Å². The number of amides is 1. The molecule has 1 aliphatic rings. The number of rotatable bonds is 7. The minimum absolute atomic E-state index is 0.195. The third-order valence-electron chi connectivity index (χ3n) is 4.26. The molecule has 27 heavy (non-hydrogen) atoms. The number of carbonyl (C=O) groups is 2. The van der Waals surface area contributed by atoms with Crippen LogP contribution in [0.5, 0.6) is 11.5 Å². The van der Waals surface area contributed by atoms with Crippen molar-refractivity contribution >= 4 is 18.0 Å². The summed E-state index contributed by atoms with van der Waals surface area (Å²) in [5.74, 6) is 0.735. The highest BCUT2D eigenvalue weighted by atomic mass is 16.5. The normalized spacial score (nSPS) is 15.7. The summed E-state index contributed by atoms with van der Waals surface area (Å²) in [5, 5.41) is 0. The molecule has 0 bridgehead atoms. The fraction of sp³-hybridized carbons (Fsp3) is 0.429. The van der Waals surface area contributed by atoms with Crippen molar-refractivity contribution in [3.05, 3.63) is 40.6 Å². The van der Waals surface area contributed by atoms with Crippen LogP contribution in [-0.4, -0.2) is 44.1 Å². The molecule has 0 atom stereocenters. The van der Waals surface area contributed by atoms with Crippen molar-refractivity contribution in [3.8, 4) is 11.5 Å². The number of hydrogen-bond donors (Lipinski definition) is 0. The highest BCUT2D eigenvalue weighted by Gasteiger charge is 2.37. The Morgan fingerprint density at radius 3 is 2.41 bits per heavy atom. The highest BCUT2D eigenvalue weighted by Crippen LogP contribution is 2.34. The molecular weight excluding hydrogens is 346 g/mol. The van der Waals surface area contributed by atoms with Gasteiger partial charge in [0.2, 0.25) is 0 Å². The molecule has 0 spiro atoms. The van der Waals surface area contributed by atoms with E-state index in [1.807, 2.05) is 19.9 Å². The summed E-state index contributed by atoms with van der Waals surface area (Å²) in [5.41, 5.74) is 2.01. The van der Waals surface area contributed by atoms with E-state index < -0.39 is 5.97 Å². The molecule has 1 aromatic carbocycles. The van der Waals surface area contributed by atoms with Gasteiger partial charge in [0.15, 0.2) is 11.5 Å². The Balaban J connectivity index is 2.53. The van der Waals surface area contributed by atoms with E-state index in [0.29, 0.717) is 34.9 Å². The Hall–Kier alpha value is -2.76. The maximum Gasteiger partial charge on any atom is 0.340 e. The van der Waals surface area contributed by atoms with Gasteiger partial charge in [-0.15, -0.1) is 0 Å². The quantitative estimate of drug-likeness (QED) is 0.541. The van der Waals surface area contributed by atoms with Gasteiger partial charge in [-0.25, -0.2) is 4.79 Å². The van der Waals surface area contributed by atoms with E-state index in [-0.39, 0.29) is 18.4 Å². The van der Waals surface area contributed by atoms with Crippen LogP contribution in [0.2, 0.25) is 0 Å². The Kier molecular flexibility index (Phi) is 6.66. The Bertz CT molecular complexity index is 792. The molecule has 2 rings (SSSR count). The topological polar surface area (TPSA) is 65.1 Å². The first-order valence-electron chi connectivity index (χ1n) is 8.97. The van der Waals surface area contributed by atoms with Gasteiger partial charge in [-0.3, -0.25) is 4.79 Å². The second kappa shape index (κ2) is 8.75. The van der Waals surface area contributed by atoms with Gasteiger partial charge in [0.1, 0.15) is 0 Å². The summed E-state index contributed by atoms with van der Waals surface area (Å²) in [7, 11) is 3.11. The molecule has 0 radical (unpaired) electrons. The van der Waals surface area contributed by atoms with Crippen molar-refractivity contribution in [1.29, 1.82) is 0 Å². The number of hydrogen-bond acceptors (Lipinski definition) is 5. The van der Waals surface area contributed by atoms with Crippen LogP contribution in [0.15, 0.2) is 35.0 Å². The Morgan fingerprint density at radius 1 is 1.19 bits per heavy atom. The number of esters is 1. The van der Waals surface area contributed by atoms with Crippen LogP contribution in [0.3, 0.4) is 0 Å². The summed E-state index contributed by atoms with van der Waals surface area (Å²) < 4.78 is 15.8. The Labute approximate surface area is 160 Å². The number of allylic oxidation sites excluding steroid dienone is 1. The molecule has 146 valence electrons. The molecule has 1 amide bonds. The molecule has 1 aromatic rings. The molecule has 0 aliphatic carbocycles. The van der Waals surface area contributed by atoms with E-state index in [1.165, 1.54) is 0 Å². The zero-order chi connectivity index (χ0) is 20.1. The van der Waals surface area contributed by atoms with Crippen molar-refractivity contribution in [2.45, 2.75) is 27.7 Å². The van der Waals surface area contributed by atoms with Gasteiger partial charge in [-0.1, -0.05) is 19.9 Å². The average Bonchev–Trinajstić information content (AvgIpc) is 2.85. The average molecular weight is 373 g/mol. The van der Waals surface area contributed by atoms with Crippen molar-refractivity contribution in [3.63, 3.8) is 0 Å². The maximum atomic E-state index is 13.0. The molecule has 0 fully saturated rings. The lowest BCUT2D eigenvalue weighted by molar-refractivity contribution is -0.138. The molecule has 1 aliphatic heterocycles. The lowest BCUT2D eigenvalue weighted by Gasteiger charge is -2.20. The van der Waals surface area contributed by atoms with Crippen LogP contribution in [0, 0.1) is 5.92 Å². The van der Waals surface area contributed by atoms with Gasteiger partial charge in [-0.05, 0) is 43.5 Å². The predicted molar refractivity (Wildman–Crippen MR) is 103 cm³/mol. The fourth-order valence-electron chi connectivity index (χ4n) is 3.02. The van der Waals surface area contributed by atoms with Gasteiger partial charge in [0.25, 0.3) is 5.91 Å². The van der Waals surface area contributed by atoms with E-state index in [1.54, 1.807) is 51.2 Å². The minimum Gasteiger partial charge on any atom is -0.493 e. The second-order valence-electron chi connectivity index (χ2n) is 6.66. The molecule has 6 nitrogen and oxygen atoms in total. The summed E-state index contributed by atoms with van der Waals surface area (Å²) in [6, 6.07) is 5.34. The van der Waals surface area contributed by atoms with E-state index in [0.717, 1.165) is 5.56 Å². The monoisotopic (exact) mass is 373 g/mol. The number of nitrogens with zero attached hydrogens (tertiary/aromatic N) is 1. The summed E-state index contributed by atoms with van der Waals surface area (Å²) >= 11 is 0. The molecule has 0 unspecified atom stereocenters. The van der Waals surface area contributed by atoms with Gasteiger partial charge in [0, 0.05) is 12.2 Å². The largest absolute Gasteiger partial charge is 0.493 e. The van der Waals surface area contributed by atoms with E-state index in [4.69, 9.17) is 14.2 Å². The van der Waals surface area contributed by atoms with Crippen molar-refractivity contribution in [1.82, 2.24) is 4.90 Å². The predicted octanol–water partition coefficient (Wildman–Crippen LogP) is 3.42. The molecule has 0 saturated heterocycles. The van der Waals surface area contributed by atoms with Crippen LogP contribution >= 0.6 is 0 Å². The number of methoxy groups -OCH3 is 2. The van der Waals surface area contributed by atoms with Gasteiger partial charge >= 0.3 is 5.97 Å². The smallest absolute Gasteiger partial charge is 0.340 e. The van der Waals surface area contributed by atoms with E-state index >= 15 is 0 Å². The summed E-state index contributed by atoms with van der Waals surface area (Å²) in [6.45, 7) is 8.37. The SMILES string of the molecule is CCOC(=O)C1=C(C)N(CC(C)C)C(=O)C1=Cc1ccc(OC)c(OC)c1. The summed E-state index contributed by atoms with van der Waals surface area (Å²) in [6.07, 6.45) is 1.69. The fourth-order valence-corrected chi connectivity index (χ4v) is 3.02. The first-order valence-corrected chi connectivity index (χ1v) is 8.97. The number of ether oxygens (including phenoxy) is 3. The molecule has 6 heteroatoms. The van der Waals surface area contributed by atoms with Gasteiger partial charge in [-0.2, -0.15) is 0 Å². The van der Waals surface area contributed by atoms with Gasteiger partial charge in [0.05, 0.1) is 32.0 Å². The lowest BCUT2D eigenvalue weighted by atomic mass is 10.0. The zero-order valence-corrected chi connectivity index (χ0v) is 16.8. The maximum absolute atomic E-state index is 13.0. The third-order valence-corrected chi connectivity index (χ3v) is 4.26. The second-order valence-corrected chi connectivity index (χ2v) is 6.66. The van der Waals surface area contributed by atoms with E-state index in [2.05, 4.69) is 0 Å². The van der Waals surface area contributed by atoms with Gasteiger partial charge < -0.3 is 19.1 Å². The first-order chi connectivity index (χ1) is 12.8. The van der Waals surface area contributed by atoms with Crippen LogP contribution < -0.4 is 9.47 Å². The zero-order valence-electron chi connectivity index (χ0n) is 16.8. The Morgan fingerprint density at radius 2 is 1.85 bits per heavy atom.